The minimum atomic E-state index is -1.14. The highest BCUT2D eigenvalue weighted by Crippen LogP contribution is 2.49. The van der Waals surface area contributed by atoms with Crippen molar-refractivity contribution in [2.24, 2.45) is 5.92 Å². The van der Waals surface area contributed by atoms with Crippen LogP contribution in [0, 0.1) is 18.7 Å². The van der Waals surface area contributed by atoms with E-state index >= 15 is 0 Å². The van der Waals surface area contributed by atoms with Crippen molar-refractivity contribution in [2.45, 2.75) is 45.3 Å². The van der Waals surface area contributed by atoms with E-state index in [1.807, 2.05) is 19.9 Å². The van der Waals surface area contributed by atoms with E-state index in [1.165, 1.54) is 17.2 Å². The summed E-state index contributed by atoms with van der Waals surface area (Å²) in [5, 5.41) is 9.02. The summed E-state index contributed by atoms with van der Waals surface area (Å²) in [6.45, 7) is 9.52. The zero-order valence-electron chi connectivity index (χ0n) is 17.3. The molecule has 1 aliphatic rings. The van der Waals surface area contributed by atoms with Crippen molar-refractivity contribution in [3.63, 3.8) is 0 Å². The molecule has 6 heteroatoms. The lowest BCUT2D eigenvalue weighted by atomic mass is 9.75. The van der Waals surface area contributed by atoms with Crippen LogP contribution in [-0.2, 0) is 9.53 Å². The van der Waals surface area contributed by atoms with Crippen LogP contribution in [0.4, 0.5) is 4.39 Å². The maximum absolute atomic E-state index is 14.2. The molecule has 2 aromatic carbocycles. The van der Waals surface area contributed by atoms with Gasteiger partial charge in [0.25, 0.3) is 0 Å². The van der Waals surface area contributed by atoms with Crippen LogP contribution < -0.4 is 4.74 Å². The number of hydrogen-bond donors (Lipinski definition) is 1. The molecular weight excluding hydrogens is 407 g/mol. The van der Waals surface area contributed by atoms with Crippen LogP contribution in [0.2, 0.25) is 5.02 Å². The SMILES string of the molecule is C=C(C)[C@H]1C[C@H](c2cccc(C)c2)[C@H](C)O[C@@H]1c1cc(F)cc(Cl)c1OCC(=O)O. The lowest BCUT2D eigenvalue weighted by molar-refractivity contribution is -0.139. The van der Waals surface area contributed by atoms with Gasteiger partial charge in [-0.05, 0) is 44.9 Å². The van der Waals surface area contributed by atoms with Crippen LogP contribution >= 0.6 is 11.6 Å². The van der Waals surface area contributed by atoms with E-state index in [0.29, 0.717) is 5.56 Å². The van der Waals surface area contributed by atoms with Crippen LogP contribution in [0.25, 0.3) is 0 Å². The first-order valence-corrected chi connectivity index (χ1v) is 10.3. The van der Waals surface area contributed by atoms with E-state index < -0.39 is 24.5 Å². The second kappa shape index (κ2) is 9.19. The Hall–Kier alpha value is -2.37. The van der Waals surface area contributed by atoms with E-state index in [9.17, 15) is 9.18 Å². The predicted octanol–water partition coefficient (Wildman–Crippen LogP) is 6.08. The average Bonchev–Trinajstić information content (AvgIpc) is 2.66. The molecule has 0 spiro atoms. The molecule has 0 bridgehead atoms. The number of aryl methyl sites for hydroxylation is 1. The summed E-state index contributed by atoms with van der Waals surface area (Å²) in [5.74, 6) is -1.50. The molecule has 0 amide bonds. The van der Waals surface area contributed by atoms with Gasteiger partial charge in [0.05, 0.1) is 17.2 Å². The first-order valence-electron chi connectivity index (χ1n) is 9.88. The molecule has 160 valence electrons. The highest BCUT2D eigenvalue weighted by Gasteiger charge is 2.39. The fourth-order valence-corrected chi connectivity index (χ4v) is 4.41. The molecule has 1 heterocycles. The van der Waals surface area contributed by atoms with Gasteiger partial charge >= 0.3 is 5.97 Å². The number of benzene rings is 2. The number of ether oxygens (including phenoxy) is 2. The number of rotatable bonds is 6. The standard InChI is InChI=1S/C24H26ClFO4/c1-13(2)18-11-19(16-7-5-6-14(3)8-16)15(4)30-23(18)20-9-17(26)10-21(25)24(20)29-12-22(27)28/h5-10,15,18-19,23H,1,11-12H2,2-4H3,(H,27,28)/t15-,18+,19-,23-/m0/s1. The number of carboxylic acid groups (broad SMARTS) is 1. The highest BCUT2D eigenvalue weighted by atomic mass is 35.5. The predicted molar refractivity (Wildman–Crippen MR) is 115 cm³/mol. The Morgan fingerprint density at radius 3 is 2.73 bits per heavy atom. The molecule has 30 heavy (non-hydrogen) atoms. The zero-order chi connectivity index (χ0) is 22.0. The van der Waals surface area contributed by atoms with Gasteiger partial charge in [0.1, 0.15) is 11.6 Å². The van der Waals surface area contributed by atoms with Crippen molar-refractivity contribution in [1.82, 2.24) is 0 Å². The van der Waals surface area contributed by atoms with Gasteiger partial charge in [0.2, 0.25) is 0 Å². The fourth-order valence-electron chi connectivity index (χ4n) is 4.15. The largest absolute Gasteiger partial charge is 0.480 e. The molecule has 4 atom stereocenters. The van der Waals surface area contributed by atoms with Crippen LogP contribution in [-0.4, -0.2) is 23.8 Å². The molecule has 0 radical (unpaired) electrons. The lowest BCUT2D eigenvalue weighted by Gasteiger charge is -2.42. The van der Waals surface area contributed by atoms with Crippen LogP contribution in [0.3, 0.4) is 0 Å². The van der Waals surface area contributed by atoms with E-state index in [0.717, 1.165) is 18.1 Å². The number of halogens is 2. The third kappa shape index (κ3) is 4.85. The average molecular weight is 433 g/mol. The zero-order valence-corrected chi connectivity index (χ0v) is 18.1. The number of hydrogen-bond acceptors (Lipinski definition) is 3. The molecule has 1 N–H and O–H groups in total. The van der Waals surface area contributed by atoms with E-state index in [4.69, 9.17) is 26.2 Å². The smallest absolute Gasteiger partial charge is 0.341 e. The fraction of sp³-hybridized carbons (Fsp3) is 0.375. The van der Waals surface area contributed by atoms with Crippen LogP contribution in [0.5, 0.6) is 5.75 Å². The molecule has 0 unspecified atom stereocenters. The second-order valence-corrected chi connectivity index (χ2v) is 8.37. The van der Waals surface area contributed by atoms with Gasteiger partial charge in [-0.15, -0.1) is 0 Å². The van der Waals surface area contributed by atoms with Gasteiger partial charge in [0, 0.05) is 17.4 Å². The van der Waals surface area contributed by atoms with Gasteiger partial charge in [-0.3, -0.25) is 0 Å². The molecule has 3 rings (SSSR count). The Kier molecular flexibility index (Phi) is 6.84. The van der Waals surface area contributed by atoms with Gasteiger partial charge in [-0.25, -0.2) is 9.18 Å². The first kappa shape index (κ1) is 22.3. The summed E-state index contributed by atoms with van der Waals surface area (Å²) < 4.78 is 26.1. The first-order chi connectivity index (χ1) is 14.2. The van der Waals surface area contributed by atoms with Crippen molar-refractivity contribution in [1.29, 1.82) is 0 Å². The Labute approximate surface area is 181 Å². The Morgan fingerprint density at radius 2 is 2.10 bits per heavy atom. The summed E-state index contributed by atoms with van der Waals surface area (Å²) in [6.07, 6.45) is 0.0641. The Balaban J connectivity index is 2.00. The normalized spacial score (nSPS) is 23.8. The molecule has 4 nitrogen and oxygen atoms in total. The van der Waals surface area contributed by atoms with E-state index in [-0.39, 0.29) is 28.7 Å². The van der Waals surface area contributed by atoms with E-state index in [2.05, 4.69) is 31.7 Å². The molecule has 1 fully saturated rings. The summed E-state index contributed by atoms with van der Waals surface area (Å²) >= 11 is 6.21. The van der Waals surface area contributed by atoms with Gasteiger partial charge in [-0.2, -0.15) is 0 Å². The molecule has 0 saturated carbocycles. The summed E-state index contributed by atoms with van der Waals surface area (Å²) in [5.41, 5.74) is 3.67. The highest BCUT2D eigenvalue weighted by molar-refractivity contribution is 6.32. The van der Waals surface area contributed by atoms with Gasteiger partial charge < -0.3 is 14.6 Å². The number of carboxylic acids is 1. The molecule has 1 aliphatic heterocycles. The topological polar surface area (TPSA) is 55.8 Å². The molecule has 0 aliphatic carbocycles. The third-order valence-electron chi connectivity index (χ3n) is 5.59. The van der Waals surface area contributed by atoms with Crippen molar-refractivity contribution in [3.8, 4) is 5.75 Å². The summed E-state index contributed by atoms with van der Waals surface area (Å²) in [7, 11) is 0. The second-order valence-electron chi connectivity index (χ2n) is 7.96. The van der Waals surface area contributed by atoms with Crippen molar-refractivity contribution in [3.05, 3.63) is 76.1 Å². The lowest BCUT2D eigenvalue weighted by Crippen LogP contribution is -2.34. The maximum atomic E-state index is 14.2. The molecule has 1 saturated heterocycles. The van der Waals surface area contributed by atoms with Gasteiger partial charge in [-0.1, -0.05) is 53.6 Å². The Morgan fingerprint density at radius 1 is 1.37 bits per heavy atom. The minimum absolute atomic E-state index is 0.0174. The van der Waals surface area contributed by atoms with Crippen LogP contribution in [0.15, 0.2) is 48.6 Å². The molecule has 2 aromatic rings. The number of aliphatic carboxylic acids is 1. The van der Waals surface area contributed by atoms with Crippen molar-refractivity contribution >= 4 is 17.6 Å². The summed E-state index contributed by atoms with van der Waals surface area (Å²) in [6, 6.07) is 10.7. The monoisotopic (exact) mass is 432 g/mol. The summed E-state index contributed by atoms with van der Waals surface area (Å²) in [4.78, 5) is 11.0. The van der Waals surface area contributed by atoms with Crippen molar-refractivity contribution < 1.29 is 23.8 Å². The number of carbonyl (C=O) groups is 1. The van der Waals surface area contributed by atoms with E-state index in [1.54, 1.807) is 0 Å². The third-order valence-corrected chi connectivity index (χ3v) is 5.87. The van der Waals surface area contributed by atoms with Gasteiger partial charge in [0.15, 0.2) is 6.61 Å². The van der Waals surface area contributed by atoms with Crippen molar-refractivity contribution in [2.75, 3.05) is 6.61 Å². The quantitative estimate of drug-likeness (QED) is 0.562. The molecular formula is C24H26ClFO4. The minimum Gasteiger partial charge on any atom is -0.480 e. The Bertz CT molecular complexity index is 958. The maximum Gasteiger partial charge on any atom is 0.341 e. The van der Waals surface area contributed by atoms with Crippen LogP contribution in [0.1, 0.15) is 49.0 Å². The molecule has 0 aromatic heterocycles.